The molecule has 1 fully saturated rings. The van der Waals surface area contributed by atoms with Crippen molar-refractivity contribution in [2.45, 2.75) is 12.8 Å². The van der Waals surface area contributed by atoms with Gasteiger partial charge in [-0.15, -0.1) is 0 Å². The van der Waals surface area contributed by atoms with Crippen molar-refractivity contribution in [2.75, 3.05) is 25.0 Å². The molecule has 15 heavy (non-hydrogen) atoms. The third-order valence-electron chi connectivity index (χ3n) is 2.76. The quantitative estimate of drug-likeness (QED) is 0.794. The van der Waals surface area contributed by atoms with Crippen LogP contribution in [0, 0.1) is 11.7 Å². The Hall–Kier alpha value is -1.16. The first-order chi connectivity index (χ1) is 7.34. The van der Waals surface area contributed by atoms with Gasteiger partial charge in [-0.2, -0.15) is 0 Å². The van der Waals surface area contributed by atoms with E-state index in [-0.39, 0.29) is 5.82 Å². The highest BCUT2D eigenvalue weighted by molar-refractivity contribution is 5.33. The zero-order valence-electron chi connectivity index (χ0n) is 8.67. The van der Waals surface area contributed by atoms with Crippen molar-refractivity contribution in [3.8, 4) is 0 Å². The molecule has 82 valence electrons. The first-order valence-corrected chi connectivity index (χ1v) is 5.41. The van der Waals surface area contributed by atoms with Gasteiger partial charge >= 0.3 is 0 Å². The van der Waals surface area contributed by atoms with Crippen LogP contribution in [0.3, 0.4) is 0 Å². The van der Waals surface area contributed by atoms with Crippen molar-refractivity contribution < 1.29 is 4.39 Å². The Kier molecular flexibility index (Phi) is 3.50. The smallest absolute Gasteiger partial charge is 0.141 e. The summed E-state index contributed by atoms with van der Waals surface area (Å²) >= 11 is 0. The maximum atomic E-state index is 12.6. The van der Waals surface area contributed by atoms with Gasteiger partial charge in [-0.1, -0.05) is 0 Å². The summed E-state index contributed by atoms with van der Waals surface area (Å²) in [5.74, 6) is 1.18. The molecule has 0 atom stereocenters. The number of nitrogens with one attached hydrogen (secondary N) is 2. The molecule has 0 radical (unpaired) electrons. The van der Waals surface area contributed by atoms with Crippen LogP contribution < -0.4 is 10.6 Å². The van der Waals surface area contributed by atoms with E-state index in [4.69, 9.17) is 0 Å². The fourth-order valence-corrected chi connectivity index (χ4v) is 1.82. The Bertz CT molecular complexity index is 293. The molecule has 1 aromatic heterocycles. The zero-order chi connectivity index (χ0) is 10.5. The first-order valence-electron chi connectivity index (χ1n) is 5.41. The molecule has 2 rings (SSSR count). The maximum Gasteiger partial charge on any atom is 0.141 e. The SMILES string of the molecule is Fc1ccc(NCC2CCNCC2)nc1. The minimum Gasteiger partial charge on any atom is -0.370 e. The van der Waals surface area contributed by atoms with Crippen molar-refractivity contribution in [1.29, 1.82) is 0 Å². The molecule has 4 heteroatoms. The summed E-state index contributed by atoms with van der Waals surface area (Å²) < 4.78 is 12.6. The number of rotatable bonds is 3. The minimum absolute atomic E-state index is 0.289. The molecule has 2 heterocycles. The van der Waals surface area contributed by atoms with Gasteiger partial charge in [0.25, 0.3) is 0 Å². The summed E-state index contributed by atoms with van der Waals surface area (Å²) in [6.07, 6.45) is 3.65. The number of hydrogen-bond acceptors (Lipinski definition) is 3. The van der Waals surface area contributed by atoms with Gasteiger partial charge in [0, 0.05) is 6.54 Å². The Morgan fingerprint density at radius 3 is 2.87 bits per heavy atom. The monoisotopic (exact) mass is 209 g/mol. The van der Waals surface area contributed by atoms with Crippen LogP contribution in [-0.2, 0) is 0 Å². The predicted octanol–water partition coefficient (Wildman–Crippen LogP) is 1.63. The lowest BCUT2D eigenvalue weighted by molar-refractivity contribution is 0.389. The van der Waals surface area contributed by atoms with Crippen molar-refractivity contribution in [3.63, 3.8) is 0 Å². The summed E-state index contributed by atoms with van der Waals surface area (Å²) in [7, 11) is 0. The lowest BCUT2D eigenvalue weighted by Gasteiger charge is -2.22. The van der Waals surface area contributed by atoms with Gasteiger partial charge in [0.2, 0.25) is 0 Å². The van der Waals surface area contributed by atoms with Gasteiger partial charge in [-0.25, -0.2) is 9.37 Å². The number of nitrogens with zero attached hydrogens (tertiary/aromatic N) is 1. The second-order valence-electron chi connectivity index (χ2n) is 3.94. The number of hydrogen-bond donors (Lipinski definition) is 2. The number of pyridine rings is 1. The van der Waals surface area contributed by atoms with Crippen LogP contribution in [0.15, 0.2) is 18.3 Å². The Morgan fingerprint density at radius 2 is 2.20 bits per heavy atom. The predicted molar refractivity (Wildman–Crippen MR) is 58.3 cm³/mol. The summed E-state index contributed by atoms with van der Waals surface area (Å²) in [6.45, 7) is 3.13. The van der Waals surface area contributed by atoms with E-state index < -0.39 is 0 Å². The molecule has 2 N–H and O–H groups in total. The highest BCUT2D eigenvalue weighted by Crippen LogP contribution is 2.12. The van der Waals surface area contributed by atoms with Crippen molar-refractivity contribution in [2.24, 2.45) is 5.92 Å². The van der Waals surface area contributed by atoms with Gasteiger partial charge < -0.3 is 10.6 Å². The molecule has 0 aliphatic carbocycles. The average Bonchev–Trinajstić information content (AvgIpc) is 2.30. The molecule has 1 aliphatic rings. The summed E-state index contributed by atoms with van der Waals surface area (Å²) in [6, 6.07) is 3.11. The number of piperidine rings is 1. The van der Waals surface area contributed by atoms with Crippen LogP contribution in [0.5, 0.6) is 0 Å². The molecule has 1 aromatic rings. The lowest BCUT2D eigenvalue weighted by atomic mass is 9.98. The molecule has 0 bridgehead atoms. The normalized spacial score (nSPS) is 17.7. The molecule has 0 spiro atoms. The highest BCUT2D eigenvalue weighted by atomic mass is 19.1. The fourth-order valence-electron chi connectivity index (χ4n) is 1.82. The number of aromatic nitrogens is 1. The van der Waals surface area contributed by atoms with Gasteiger partial charge in [-0.3, -0.25) is 0 Å². The summed E-state index contributed by atoms with van der Waals surface area (Å²) in [5.41, 5.74) is 0. The number of halogens is 1. The van der Waals surface area contributed by atoms with E-state index in [2.05, 4.69) is 15.6 Å². The van der Waals surface area contributed by atoms with E-state index in [1.807, 2.05) is 0 Å². The summed E-state index contributed by atoms with van der Waals surface area (Å²) in [5, 5.41) is 6.56. The van der Waals surface area contributed by atoms with Crippen LogP contribution in [0.25, 0.3) is 0 Å². The van der Waals surface area contributed by atoms with E-state index in [9.17, 15) is 4.39 Å². The van der Waals surface area contributed by atoms with Crippen molar-refractivity contribution in [3.05, 3.63) is 24.1 Å². The van der Waals surface area contributed by atoms with E-state index in [0.29, 0.717) is 5.92 Å². The molecule has 0 saturated carbocycles. The average molecular weight is 209 g/mol. The van der Waals surface area contributed by atoms with Gasteiger partial charge in [0.1, 0.15) is 11.6 Å². The third-order valence-corrected chi connectivity index (χ3v) is 2.76. The van der Waals surface area contributed by atoms with Crippen LogP contribution in [0.1, 0.15) is 12.8 Å². The van der Waals surface area contributed by atoms with E-state index in [1.165, 1.54) is 25.1 Å². The van der Waals surface area contributed by atoms with E-state index in [1.54, 1.807) is 6.07 Å². The topological polar surface area (TPSA) is 37.0 Å². The lowest BCUT2D eigenvalue weighted by Crippen LogP contribution is -2.31. The minimum atomic E-state index is -0.289. The molecular weight excluding hydrogens is 193 g/mol. The molecule has 3 nitrogen and oxygen atoms in total. The van der Waals surface area contributed by atoms with Crippen LogP contribution in [-0.4, -0.2) is 24.6 Å². The molecule has 0 unspecified atom stereocenters. The maximum absolute atomic E-state index is 12.6. The Balaban J connectivity index is 1.79. The van der Waals surface area contributed by atoms with E-state index >= 15 is 0 Å². The van der Waals surface area contributed by atoms with Gasteiger partial charge in [0.15, 0.2) is 0 Å². The molecule has 0 amide bonds. The second-order valence-corrected chi connectivity index (χ2v) is 3.94. The van der Waals surface area contributed by atoms with Gasteiger partial charge in [0.05, 0.1) is 6.20 Å². The van der Waals surface area contributed by atoms with Crippen molar-refractivity contribution >= 4 is 5.82 Å². The molecule has 1 aliphatic heterocycles. The third kappa shape index (κ3) is 3.16. The second kappa shape index (κ2) is 5.07. The van der Waals surface area contributed by atoms with Gasteiger partial charge in [-0.05, 0) is 44.0 Å². The first kappa shape index (κ1) is 10.4. The van der Waals surface area contributed by atoms with Crippen LogP contribution in [0.4, 0.5) is 10.2 Å². The fraction of sp³-hybridized carbons (Fsp3) is 0.545. The largest absolute Gasteiger partial charge is 0.370 e. The number of anilines is 1. The van der Waals surface area contributed by atoms with Crippen LogP contribution in [0.2, 0.25) is 0 Å². The van der Waals surface area contributed by atoms with E-state index in [0.717, 1.165) is 25.5 Å². The Morgan fingerprint density at radius 1 is 1.40 bits per heavy atom. The standard InChI is InChI=1S/C11H16FN3/c12-10-1-2-11(15-8-10)14-7-9-3-5-13-6-4-9/h1-2,8-9,13H,3-7H2,(H,14,15). The zero-order valence-corrected chi connectivity index (χ0v) is 8.67. The summed E-state index contributed by atoms with van der Waals surface area (Å²) in [4.78, 5) is 3.96. The molecular formula is C11H16FN3. The Labute approximate surface area is 89.1 Å². The molecule has 0 aromatic carbocycles. The highest BCUT2D eigenvalue weighted by Gasteiger charge is 2.12. The molecule has 1 saturated heterocycles. The van der Waals surface area contributed by atoms with Crippen molar-refractivity contribution in [1.82, 2.24) is 10.3 Å². The van der Waals surface area contributed by atoms with Crippen LogP contribution >= 0.6 is 0 Å².